The number of thiophene rings is 2. The summed E-state index contributed by atoms with van der Waals surface area (Å²) in [4.78, 5) is 0. The van der Waals surface area contributed by atoms with E-state index in [9.17, 15) is 0 Å². The second-order valence-corrected chi connectivity index (χ2v) is 9.41. The Kier molecular flexibility index (Phi) is 3.33. The summed E-state index contributed by atoms with van der Waals surface area (Å²) in [6.07, 6.45) is 0. The van der Waals surface area contributed by atoms with Gasteiger partial charge in [-0.15, -0.1) is 22.7 Å². The van der Waals surface area contributed by atoms with E-state index in [1.54, 1.807) is 0 Å². The van der Waals surface area contributed by atoms with E-state index >= 15 is 0 Å². The van der Waals surface area contributed by atoms with Crippen molar-refractivity contribution in [2.75, 3.05) is 0 Å². The van der Waals surface area contributed by atoms with E-state index in [4.69, 9.17) is 0 Å². The maximum atomic E-state index is 2.33. The van der Waals surface area contributed by atoms with E-state index < -0.39 is 0 Å². The van der Waals surface area contributed by atoms with Crippen LogP contribution in [0.2, 0.25) is 0 Å². The van der Waals surface area contributed by atoms with Gasteiger partial charge in [0.15, 0.2) is 0 Å². The molecule has 0 saturated carbocycles. The lowest BCUT2D eigenvalue weighted by molar-refractivity contribution is 1.43. The fourth-order valence-electron chi connectivity index (χ4n) is 5.16. The molecule has 0 N–H and O–H groups in total. The summed E-state index contributed by atoms with van der Waals surface area (Å²) in [5.74, 6) is 0. The average molecular weight is 375 g/mol. The molecule has 0 fully saturated rings. The van der Waals surface area contributed by atoms with Gasteiger partial charge in [0.05, 0.1) is 0 Å². The van der Waals surface area contributed by atoms with Crippen molar-refractivity contribution in [3.05, 3.63) is 56.3 Å². The average Bonchev–Trinajstić information content (AvgIpc) is 3.28. The molecule has 5 rings (SSSR count). The third kappa shape index (κ3) is 1.79. The van der Waals surface area contributed by atoms with Gasteiger partial charge in [-0.05, 0) is 130 Å². The molecule has 0 spiro atoms. The summed E-state index contributed by atoms with van der Waals surface area (Å²) in [6, 6.07) is 4.59. The predicted molar refractivity (Wildman–Crippen MR) is 121 cm³/mol. The van der Waals surface area contributed by atoms with Crippen molar-refractivity contribution in [1.82, 2.24) is 0 Å². The molecule has 130 valence electrons. The van der Waals surface area contributed by atoms with Crippen LogP contribution in [0.4, 0.5) is 0 Å². The smallest absolute Gasteiger partial charge is 0.0381 e. The van der Waals surface area contributed by atoms with Crippen LogP contribution in [0.1, 0.15) is 33.4 Å². The number of hydrogen-bond acceptors (Lipinski definition) is 2. The fraction of sp³-hybridized carbons (Fsp3) is 0.250. The lowest BCUT2D eigenvalue weighted by Crippen LogP contribution is -1.97. The minimum Gasteiger partial charge on any atom is -0.144 e. The molecule has 0 nitrogen and oxygen atoms in total. The molecule has 26 heavy (non-hydrogen) atoms. The van der Waals surface area contributed by atoms with Crippen LogP contribution >= 0.6 is 22.7 Å². The first kappa shape index (κ1) is 16.3. The third-order valence-corrected chi connectivity index (χ3v) is 8.39. The Balaban J connectivity index is 2.22. The van der Waals surface area contributed by atoms with Crippen LogP contribution in [0.5, 0.6) is 0 Å². The van der Waals surface area contributed by atoms with Crippen molar-refractivity contribution in [2.24, 2.45) is 0 Å². The quantitative estimate of drug-likeness (QED) is 0.239. The van der Waals surface area contributed by atoms with Gasteiger partial charge in [0.2, 0.25) is 0 Å². The molecule has 0 radical (unpaired) electrons. The third-order valence-electron chi connectivity index (χ3n) is 6.32. The van der Waals surface area contributed by atoms with Crippen LogP contribution in [0.25, 0.3) is 41.7 Å². The summed E-state index contributed by atoms with van der Waals surface area (Å²) < 4.78 is 2.89. The van der Waals surface area contributed by atoms with Crippen LogP contribution in [0, 0.1) is 41.5 Å². The van der Waals surface area contributed by atoms with Crippen LogP contribution in [0.3, 0.4) is 0 Å². The van der Waals surface area contributed by atoms with Crippen molar-refractivity contribution in [3.8, 4) is 0 Å². The molecule has 3 aromatic carbocycles. The number of rotatable bonds is 0. The molecule has 0 saturated heterocycles. The summed E-state index contributed by atoms with van der Waals surface area (Å²) in [7, 11) is 0. The Hall–Kier alpha value is -1.90. The largest absolute Gasteiger partial charge is 0.144 e. The van der Waals surface area contributed by atoms with Crippen molar-refractivity contribution < 1.29 is 0 Å². The minimum absolute atomic E-state index is 1.42. The first-order chi connectivity index (χ1) is 12.4. The van der Waals surface area contributed by atoms with Crippen molar-refractivity contribution in [2.45, 2.75) is 41.5 Å². The highest BCUT2D eigenvalue weighted by molar-refractivity contribution is 7.17. The number of aryl methyl sites for hydroxylation is 6. The van der Waals surface area contributed by atoms with Crippen molar-refractivity contribution >= 4 is 64.4 Å². The number of fused-ring (bicyclic) bond motifs is 4. The first-order valence-electron chi connectivity index (χ1n) is 9.12. The molecule has 0 bridgehead atoms. The Labute approximate surface area is 162 Å². The molecule has 5 aromatic rings. The monoisotopic (exact) mass is 374 g/mol. The lowest BCUT2D eigenvalue weighted by atomic mass is 9.84. The molecular formula is C24H22S2. The molecule has 2 aromatic heterocycles. The van der Waals surface area contributed by atoms with Crippen molar-refractivity contribution in [3.63, 3.8) is 0 Å². The summed E-state index contributed by atoms with van der Waals surface area (Å²) in [5, 5.41) is 13.2. The minimum atomic E-state index is 1.42. The predicted octanol–water partition coefficient (Wildman–Crippen LogP) is 8.27. The molecule has 0 atom stereocenters. The van der Waals surface area contributed by atoms with Crippen LogP contribution in [0.15, 0.2) is 22.9 Å². The Bertz CT molecular complexity index is 1170. The Morgan fingerprint density at radius 3 is 1.19 bits per heavy atom. The molecule has 2 heteroatoms. The van der Waals surface area contributed by atoms with E-state index in [2.05, 4.69) is 64.4 Å². The van der Waals surface area contributed by atoms with Gasteiger partial charge in [0.1, 0.15) is 0 Å². The maximum Gasteiger partial charge on any atom is 0.0381 e. The molecule has 0 amide bonds. The summed E-state index contributed by atoms with van der Waals surface area (Å²) in [5.41, 5.74) is 8.66. The van der Waals surface area contributed by atoms with Gasteiger partial charge < -0.3 is 0 Å². The lowest BCUT2D eigenvalue weighted by Gasteiger charge is -2.21. The van der Waals surface area contributed by atoms with Crippen LogP contribution in [-0.2, 0) is 0 Å². The second-order valence-electron chi connectivity index (χ2n) is 7.58. The summed E-state index contributed by atoms with van der Waals surface area (Å²) >= 11 is 3.75. The maximum absolute atomic E-state index is 2.33. The van der Waals surface area contributed by atoms with Gasteiger partial charge >= 0.3 is 0 Å². The van der Waals surface area contributed by atoms with Gasteiger partial charge in [-0.3, -0.25) is 0 Å². The van der Waals surface area contributed by atoms with Gasteiger partial charge in [-0.1, -0.05) is 0 Å². The van der Waals surface area contributed by atoms with Gasteiger partial charge in [-0.25, -0.2) is 0 Å². The van der Waals surface area contributed by atoms with E-state index in [0.29, 0.717) is 0 Å². The van der Waals surface area contributed by atoms with Crippen molar-refractivity contribution in [1.29, 1.82) is 0 Å². The Morgan fingerprint density at radius 1 is 0.462 bits per heavy atom. The van der Waals surface area contributed by atoms with E-state index in [0.717, 1.165) is 0 Å². The molecule has 0 aliphatic heterocycles. The highest BCUT2D eigenvalue weighted by Gasteiger charge is 2.20. The van der Waals surface area contributed by atoms with Crippen LogP contribution in [-0.4, -0.2) is 0 Å². The molecule has 2 heterocycles. The SMILES string of the molecule is Cc1c2ccsc2c(C)c2c(C)c3c(C)c4ccsc4c(C)c3c(C)c12. The first-order valence-corrected chi connectivity index (χ1v) is 10.9. The molecule has 0 unspecified atom stereocenters. The number of benzene rings is 3. The highest BCUT2D eigenvalue weighted by atomic mass is 32.1. The zero-order chi connectivity index (χ0) is 18.3. The topological polar surface area (TPSA) is 0 Å². The zero-order valence-corrected chi connectivity index (χ0v) is 17.8. The number of hydrogen-bond donors (Lipinski definition) is 0. The zero-order valence-electron chi connectivity index (χ0n) is 16.1. The van der Waals surface area contributed by atoms with Gasteiger partial charge in [0, 0.05) is 9.40 Å². The second kappa shape index (κ2) is 5.31. The van der Waals surface area contributed by atoms with E-state index in [-0.39, 0.29) is 0 Å². The molecule has 0 aliphatic carbocycles. The molecule has 0 aliphatic rings. The van der Waals surface area contributed by atoms with Gasteiger partial charge in [-0.2, -0.15) is 0 Å². The molecular weight excluding hydrogens is 352 g/mol. The Morgan fingerprint density at radius 2 is 0.808 bits per heavy atom. The van der Waals surface area contributed by atoms with E-state index in [1.165, 1.54) is 75.1 Å². The fourth-order valence-corrected chi connectivity index (χ4v) is 7.10. The summed E-state index contributed by atoms with van der Waals surface area (Å²) in [6.45, 7) is 13.9. The highest BCUT2D eigenvalue weighted by Crippen LogP contribution is 2.45. The van der Waals surface area contributed by atoms with E-state index in [1.807, 2.05) is 22.7 Å². The van der Waals surface area contributed by atoms with Gasteiger partial charge in [0.25, 0.3) is 0 Å². The standard InChI is InChI=1S/C24H22S2/c1-11-17-7-9-25-23(17)15(5)21-14(4)20-12(2)18-8-10-26-24(18)16(6)22(20)13(3)19(11)21/h7-10H,1-6H3. The normalized spacial score (nSPS) is 12.2. The van der Waals surface area contributed by atoms with Crippen LogP contribution < -0.4 is 0 Å².